The molecule has 2 aromatic heterocycles. The summed E-state index contributed by atoms with van der Waals surface area (Å²) in [5, 5.41) is 24.7. The first-order valence-corrected chi connectivity index (χ1v) is 13.9. The number of fused-ring (bicyclic) bond motifs is 1. The van der Waals surface area contributed by atoms with Gasteiger partial charge in [-0.05, 0) is 25.0 Å². The van der Waals surface area contributed by atoms with E-state index < -0.39 is 38.5 Å². The third-order valence-corrected chi connectivity index (χ3v) is 6.95. The highest BCUT2D eigenvalue weighted by Gasteiger charge is 2.44. The molecule has 5 rings (SSSR count). The van der Waals surface area contributed by atoms with Crippen molar-refractivity contribution in [2.45, 2.75) is 62.9 Å². The zero-order valence-electron chi connectivity index (χ0n) is 20.0. The van der Waals surface area contributed by atoms with E-state index >= 15 is 0 Å². The largest absolute Gasteiger partial charge is 0.486 e. The molecule has 0 spiro atoms. The van der Waals surface area contributed by atoms with E-state index in [2.05, 4.69) is 20.3 Å². The van der Waals surface area contributed by atoms with E-state index in [4.69, 9.17) is 24.0 Å². The van der Waals surface area contributed by atoms with Crippen molar-refractivity contribution in [3.63, 3.8) is 0 Å². The average Bonchev–Trinajstić information content (AvgIpc) is 3.59. The van der Waals surface area contributed by atoms with E-state index in [0.29, 0.717) is 28.6 Å². The van der Waals surface area contributed by atoms with Crippen LogP contribution in [0.3, 0.4) is 0 Å². The first kappa shape index (κ1) is 26.0. The third-order valence-electron chi connectivity index (χ3n) is 6.43. The number of ether oxygens (including phenoxy) is 3. The normalized spacial score (nSPS) is 24.6. The molecule has 37 heavy (non-hydrogen) atoms. The summed E-state index contributed by atoms with van der Waals surface area (Å²) in [6, 6.07) is 9.55. The zero-order chi connectivity index (χ0) is 26.0. The third kappa shape index (κ3) is 6.10. The molecule has 2 aliphatic rings. The van der Waals surface area contributed by atoms with Crippen molar-refractivity contribution >= 4 is 24.6 Å². The molecule has 200 valence electrons. The molecule has 0 radical (unpaired) electrons. The molecule has 2 fully saturated rings. The summed E-state index contributed by atoms with van der Waals surface area (Å²) in [6.07, 6.45) is 0.186. The molecule has 14 heteroatoms. The standard InChI is InChI=1S/C23H30N5O8P/c29-19-16(10-34-13-37(31,32)33)36-23(20(19)30)28-12-24-18-21(25-14-6-4-5-7-14)26-17(27-22(18)28)11-35-15-8-2-1-3-9-15/h1-3,8-9,12,14,16,19-20,23,29-30H,4-7,10-11,13H2,(H,25,26,27)(H2,31,32,33)/t16-,19-,20-,23-/m1/s1. The summed E-state index contributed by atoms with van der Waals surface area (Å²) < 4.78 is 29.3. The van der Waals surface area contributed by atoms with Crippen LogP contribution in [0.4, 0.5) is 5.82 Å². The van der Waals surface area contributed by atoms with Gasteiger partial charge in [0.05, 0.1) is 12.9 Å². The van der Waals surface area contributed by atoms with E-state index in [1.807, 2.05) is 30.3 Å². The molecule has 4 atom stereocenters. The lowest BCUT2D eigenvalue weighted by molar-refractivity contribution is -0.0613. The van der Waals surface area contributed by atoms with Crippen LogP contribution < -0.4 is 10.1 Å². The fourth-order valence-electron chi connectivity index (χ4n) is 4.63. The van der Waals surface area contributed by atoms with Gasteiger partial charge >= 0.3 is 7.60 Å². The first-order valence-electron chi connectivity index (χ1n) is 12.1. The predicted octanol–water partition coefficient (Wildman–Crippen LogP) is 1.53. The van der Waals surface area contributed by atoms with E-state index in [-0.39, 0.29) is 19.3 Å². The average molecular weight is 535 g/mol. The van der Waals surface area contributed by atoms with Crippen molar-refractivity contribution in [1.29, 1.82) is 0 Å². The first-order chi connectivity index (χ1) is 17.8. The summed E-state index contributed by atoms with van der Waals surface area (Å²) in [4.78, 5) is 31.7. The number of anilines is 1. The Hall–Kier alpha value is -2.64. The Labute approximate surface area is 212 Å². The van der Waals surface area contributed by atoms with E-state index in [0.717, 1.165) is 25.7 Å². The number of imidazole rings is 1. The minimum Gasteiger partial charge on any atom is -0.486 e. The second-order valence-electron chi connectivity index (χ2n) is 9.25. The maximum atomic E-state index is 11.1. The maximum Gasteiger partial charge on any atom is 0.350 e. The van der Waals surface area contributed by atoms with Gasteiger partial charge in [-0.3, -0.25) is 9.13 Å². The topological polar surface area (TPSA) is 181 Å². The number of aliphatic hydroxyl groups excluding tert-OH is 2. The minimum atomic E-state index is -4.38. The van der Waals surface area contributed by atoms with Crippen molar-refractivity contribution < 1.29 is 38.8 Å². The van der Waals surface area contributed by atoms with Crippen molar-refractivity contribution in [2.24, 2.45) is 0 Å². The second kappa shape index (κ2) is 11.0. The molecule has 1 saturated carbocycles. The van der Waals surface area contributed by atoms with Gasteiger partial charge in [0.25, 0.3) is 0 Å². The highest BCUT2D eigenvalue weighted by atomic mass is 31.2. The van der Waals surface area contributed by atoms with Crippen LogP contribution in [0.1, 0.15) is 37.7 Å². The van der Waals surface area contributed by atoms with Gasteiger partial charge in [0, 0.05) is 6.04 Å². The molecule has 3 aromatic rings. The quantitative estimate of drug-likeness (QED) is 0.237. The number of aromatic nitrogens is 4. The Morgan fingerprint density at radius 3 is 2.59 bits per heavy atom. The lowest BCUT2D eigenvalue weighted by atomic mass is 10.1. The van der Waals surface area contributed by atoms with Gasteiger partial charge in [-0.15, -0.1) is 0 Å². The Balaban J connectivity index is 1.41. The molecule has 0 amide bonds. The van der Waals surface area contributed by atoms with E-state index in [9.17, 15) is 14.8 Å². The van der Waals surface area contributed by atoms with Crippen LogP contribution in [0.15, 0.2) is 36.7 Å². The smallest absolute Gasteiger partial charge is 0.350 e. The number of hydrogen-bond donors (Lipinski definition) is 5. The van der Waals surface area contributed by atoms with Gasteiger partial charge in [0.1, 0.15) is 37.0 Å². The summed E-state index contributed by atoms with van der Waals surface area (Å²) >= 11 is 0. The Morgan fingerprint density at radius 2 is 1.86 bits per heavy atom. The Morgan fingerprint density at radius 1 is 1.11 bits per heavy atom. The molecule has 0 bridgehead atoms. The van der Waals surface area contributed by atoms with Crippen molar-refractivity contribution in [3.8, 4) is 5.75 Å². The van der Waals surface area contributed by atoms with Gasteiger partial charge in [0.2, 0.25) is 0 Å². The van der Waals surface area contributed by atoms with Crippen LogP contribution in [0, 0.1) is 0 Å². The summed E-state index contributed by atoms with van der Waals surface area (Å²) in [5.74, 6) is 1.62. The second-order valence-corrected chi connectivity index (χ2v) is 10.8. The summed E-state index contributed by atoms with van der Waals surface area (Å²) in [7, 11) is -4.38. The Bertz CT molecular complexity index is 1250. The number of benzene rings is 1. The highest BCUT2D eigenvalue weighted by molar-refractivity contribution is 7.51. The lowest BCUT2D eigenvalue weighted by Gasteiger charge is -2.18. The van der Waals surface area contributed by atoms with Gasteiger partial charge in [0.15, 0.2) is 29.0 Å². The molecule has 1 saturated heterocycles. The van der Waals surface area contributed by atoms with Crippen LogP contribution in [0.2, 0.25) is 0 Å². The maximum absolute atomic E-state index is 11.1. The molecule has 13 nitrogen and oxygen atoms in total. The molecule has 1 aromatic carbocycles. The van der Waals surface area contributed by atoms with Crippen LogP contribution in [-0.2, 0) is 20.6 Å². The van der Waals surface area contributed by atoms with Crippen molar-refractivity contribution in [2.75, 3.05) is 18.3 Å². The molecule has 3 heterocycles. The summed E-state index contributed by atoms with van der Waals surface area (Å²) in [5.41, 5.74) is 0.872. The molecular formula is C23H30N5O8P. The van der Waals surface area contributed by atoms with Crippen molar-refractivity contribution in [3.05, 3.63) is 42.5 Å². The minimum absolute atomic E-state index is 0.0972. The number of hydrogen-bond acceptors (Lipinski definition) is 10. The van der Waals surface area contributed by atoms with Gasteiger partial charge in [-0.2, -0.15) is 0 Å². The Kier molecular flexibility index (Phi) is 7.72. The van der Waals surface area contributed by atoms with Gasteiger partial charge in [-0.1, -0.05) is 31.0 Å². The van der Waals surface area contributed by atoms with Crippen LogP contribution in [-0.4, -0.2) is 76.8 Å². The van der Waals surface area contributed by atoms with E-state index in [1.165, 1.54) is 10.9 Å². The number of rotatable bonds is 10. The molecule has 1 aliphatic carbocycles. The molecular weight excluding hydrogens is 505 g/mol. The lowest BCUT2D eigenvalue weighted by Crippen LogP contribution is -2.34. The SMILES string of the molecule is O=P(O)(O)COC[C@H]1O[C@@H](n2cnc3c(NC4CCCC4)nc(COc4ccccc4)nc32)[C@H](O)[C@@H]1O. The number of nitrogens with zero attached hydrogens (tertiary/aromatic N) is 4. The predicted molar refractivity (Wildman–Crippen MR) is 131 cm³/mol. The number of nitrogens with one attached hydrogen (secondary N) is 1. The molecule has 5 N–H and O–H groups in total. The fraction of sp³-hybridized carbons (Fsp3) is 0.522. The monoisotopic (exact) mass is 535 g/mol. The van der Waals surface area contributed by atoms with Crippen LogP contribution in [0.5, 0.6) is 5.75 Å². The zero-order valence-corrected chi connectivity index (χ0v) is 20.9. The molecule has 0 unspecified atom stereocenters. The highest BCUT2D eigenvalue weighted by Crippen LogP contribution is 2.36. The fourth-order valence-corrected chi connectivity index (χ4v) is 4.97. The summed E-state index contributed by atoms with van der Waals surface area (Å²) in [6.45, 7) is -0.216. The van der Waals surface area contributed by atoms with Crippen LogP contribution >= 0.6 is 7.60 Å². The van der Waals surface area contributed by atoms with E-state index in [1.54, 1.807) is 0 Å². The number of para-hydroxylation sites is 1. The van der Waals surface area contributed by atoms with Gasteiger partial charge < -0.3 is 39.5 Å². The number of aliphatic hydroxyl groups is 2. The van der Waals surface area contributed by atoms with Crippen LogP contribution in [0.25, 0.3) is 11.2 Å². The van der Waals surface area contributed by atoms with Crippen molar-refractivity contribution in [1.82, 2.24) is 19.5 Å². The molecule has 1 aliphatic heterocycles. The van der Waals surface area contributed by atoms with Gasteiger partial charge in [-0.25, -0.2) is 15.0 Å².